The maximum Gasteiger partial charge on any atom is 0.218 e. The molecule has 55 heavy (non-hydrogen) atoms. The predicted octanol–water partition coefficient (Wildman–Crippen LogP) is 12.8. The van der Waals surface area contributed by atoms with Crippen molar-refractivity contribution in [2.45, 2.75) is 93.2 Å². The summed E-state index contributed by atoms with van der Waals surface area (Å²) in [5.41, 5.74) is 18.0. The molecule has 1 aliphatic heterocycles. The highest BCUT2D eigenvalue weighted by atomic mass is 16.5. The highest BCUT2D eigenvalue weighted by Gasteiger charge is 2.51. The molecule has 0 fully saturated rings. The van der Waals surface area contributed by atoms with Crippen LogP contribution in [0.15, 0.2) is 96.1 Å². The number of pyridine rings is 1. The number of hydrogen-bond donors (Lipinski definition) is 0. The minimum absolute atomic E-state index is 0.0376. The summed E-state index contributed by atoms with van der Waals surface area (Å²) in [6.45, 7) is 24.2. The summed E-state index contributed by atoms with van der Waals surface area (Å²) < 4.78 is 16.1. The maximum absolute atomic E-state index is 7.04. The Bertz CT molecular complexity index is 2800. The zero-order chi connectivity index (χ0) is 38.7. The van der Waals surface area contributed by atoms with Gasteiger partial charge in [-0.05, 0) is 153 Å². The zero-order valence-corrected chi connectivity index (χ0v) is 33.9. The molecule has 0 spiro atoms. The summed E-state index contributed by atoms with van der Waals surface area (Å²) in [6.07, 6.45) is 1.63. The van der Waals surface area contributed by atoms with Crippen LogP contribution in [0.25, 0.3) is 38.8 Å². The molecular weight excluding hydrogens is 675 g/mol. The molecule has 0 bridgehead atoms. The highest BCUT2D eigenvalue weighted by Crippen LogP contribution is 2.57. The summed E-state index contributed by atoms with van der Waals surface area (Å²) in [7, 11) is 0. The van der Waals surface area contributed by atoms with Gasteiger partial charge in [-0.25, -0.2) is 9.98 Å². The number of benzene rings is 5. The van der Waals surface area contributed by atoms with Crippen molar-refractivity contribution in [3.63, 3.8) is 0 Å². The Morgan fingerprint density at radius 1 is 0.709 bits per heavy atom. The van der Waals surface area contributed by atoms with Crippen LogP contribution in [0.4, 0.5) is 0 Å². The molecule has 0 unspecified atom stereocenters. The van der Waals surface area contributed by atoms with Crippen LogP contribution in [0.5, 0.6) is 11.5 Å². The molecule has 5 aromatic carbocycles. The average Bonchev–Trinajstić information content (AvgIpc) is 3.64. The van der Waals surface area contributed by atoms with Crippen LogP contribution in [0.2, 0.25) is 0 Å². The first-order valence-electron chi connectivity index (χ1n) is 19.4. The number of aryl methyl sites for hydroxylation is 7. The fourth-order valence-corrected chi connectivity index (χ4v) is 9.25. The van der Waals surface area contributed by atoms with Crippen molar-refractivity contribution >= 4 is 27.8 Å². The number of aliphatic imine (C=N–C) groups is 1. The number of ether oxygens (including phenoxy) is 2. The summed E-state index contributed by atoms with van der Waals surface area (Å²) >= 11 is 0. The van der Waals surface area contributed by atoms with Gasteiger partial charge in [0.1, 0.15) is 22.7 Å². The molecule has 0 saturated heterocycles. The first-order chi connectivity index (χ1) is 26.1. The molecule has 2 atom stereocenters. The maximum atomic E-state index is 7.04. The molecular formula is C50H49N3O2. The number of fused-ring (bicyclic) bond motifs is 9. The van der Waals surface area contributed by atoms with E-state index in [0.29, 0.717) is 5.90 Å². The van der Waals surface area contributed by atoms with Crippen molar-refractivity contribution in [3.05, 3.63) is 152 Å². The van der Waals surface area contributed by atoms with Crippen LogP contribution in [0.1, 0.15) is 95.0 Å². The van der Waals surface area contributed by atoms with E-state index in [4.69, 9.17) is 19.5 Å². The van der Waals surface area contributed by atoms with Crippen molar-refractivity contribution in [2.75, 3.05) is 0 Å². The SMILES string of the molecule is Cc1cc(Oc2cc(C3=N[C@]4(C)c5cc(C)cc(C)c5-c5c(C)cc(C)cc5[C@@H]4O3)c(C)cc2C)cc(-n2c3ccc(C(C)(C)C)cc3c3cccnc32)c1. The molecule has 0 amide bonds. The van der Waals surface area contributed by atoms with E-state index >= 15 is 0 Å². The third-order valence-electron chi connectivity index (χ3n) is 11.8. The molecule has 1 aliphatic carbocycles. The third-order valence-corrected chi connectivity index (χ3v) is 11.8. The second kappa shape index (κ2) is 12.2. The Morgan fingerprint density at radius 2 is 1.44 bits per heavy atom. The summed E-state index contributed by atoms with van der Waals surface area (Å²) in [5.74, 6) is 2.19. The highest BCUT2D eigenvalue weighted by molar-refractivity contribution is 6.08. The Morgan fingerprint density at radius 3 is 2.20 bits per heavy atom. The smallest absolute Gasteiger partial charge is 0.218 e. The minimum atomic E-state index is -0.581. The molecule has 0 radical (unpaired) electrons. The van der Waals surface area contributed by atoms with E-state index in [0.717, 1.165) is 56.0 Å². The Hall–Kier alpha value is -5.68. The van der Waals surface area contributed by atoms with Gasteiger partial charge in [0.15, 0.2) is 6.10 Å². The van der Waals surface area contributed by atoms with Crippen molar-refractivity contribution in [1.29, 1.82) is 0 Å². The molecule has 276 valence electrons. The molecule has 5 heteroatoms. The summed E-state index contributed by atoms with van der Waals surface area (Å²) in [5, 5.41) is 2.34. The number of aromatic nitrogens is 2. The fourth-order valence-electron chi connectivity index (χ4n) is 9.25. The van der Waals surface area contributed by atoms with E-state index in [9.17, 15) is 0 Å². The second-order valence-corrected chi connectivity index (χ2v) is 17.3. The molecule has 0 saturated carbocycles. The van der Waals surface area contributed by atoms with Crippen LogP contribution >= 0.6 is 0 Å². The molecule has 0 N–H and O–H groups in total. The number of nitrogens with zero attached hydrogens (tertiary/aromatic N) is 3. The monoisotopic (exact) mass is 723 g/mol. The molecule has 7 aromatic rings. The van der Waals surface area contributed by atoms with Gasteiger partial charge in [-0.1, -0.05) is 68.3 Å². The Kier molecular flexibility index (Phi) is 7.75. The lowest BCUT2D eigenvalue weighted by atomic mass is 9.70. The van der Waals surface area contributed by atoms with Gasteiger partial charge in [-0.2, -0.15) is 0 Å². The van der Waals surface area contributed by atoms with E-state index in [1.807, 2.05) is 12.3 Å². The van der Waals surface area contributed by atoms with Crippen LogP contribution < -0.4 is 4.74 Å². The Labute approximate surface area is 324 Å². The van der Waals surface area contributed by atoms with Gasteiger partial charge in [-0.15, -0.1) is 0 Å². The van der Waals surface area contributed by atoms with Gasteiger partial charge in [0.2, 0.25) is 5.90 Å². The lowest BCUT2D eigenvalue weighted by Crippen LogP contribution is -2.31. The predicted molar refractivity (Wildman–Crippen MR) is 227 cm³/mol. The van der Waals surface area contributed by atoms with Gasteiger partial charge in [-0.3, -0.25) is 4.57 Å². The van der Waals surface area contributed by atoms with Crippen molar-refractivity contribution in [2.24, 2.45) is 4.99 Å². The molecule has 5 nitrogen and oxygen atoms in total. The van der Waals surface area contributed by atoms with Gasteiger partial charge in [0, 0.05) is 34.2 Å². The standard InChI is InChI=1S/C50H49N3O2/c1-27-17-32(6)44-40(21-27)46-50(11,41-22-28(2)18-33(7)45(41)44)52-48(55-46)38-26-43(31(5)23-30(38)4)54-36-20-29(3)19-35(25-36)53-42-15-14-34(49(8,9)10)24-39(42)37-13-12-16-51-47(37)53/h12-26,46H,1-11H3/t46-,50+/m0/s1. The lowest BCUT2D eigenvalue weighted by molar-refractivity contribution is 0.145. The second-order valence-electron chi connectivity index (χ2n) is 17.3. The molecule has 2 aromatic heterocycles. The quantitative estimate of drug-likeness (QED) is 0.182. The number of hydrogen-bond acceptors (Lipinski definition) is 4. The van der Waals surface area contributed by atoms with Crippen LogP contribution in [-0.4, -0.2) is 15.4 Å². The zero-order valence-electron chi connectivity index (χ0n) is 33.9. The van der Waals surface area contributed by atoms with Crippen LogP contribution in [0.3, 0.4) is 0 Å². The van der Waals surface area contributed by atoms with E-state index in [-0.39, 0.29) is 11.5 Å². The van der Waals surface area contributed by atoms with E-state index in [2.05, 4.69) is 160 Å². The summed E-state index contributed by atoms with van der Waals surface area (Å²) in [6, 6.07) is 30.9. The minimum Gasteiger partial charge on any atom is -0.466 e. The van der Waals surface area contributed by atoms with Gasteiger partial charge >= 0.3 is 0 Å². The van der Waals surface area contributed by atoms with E-state index in [1.165, 1.54) is 55.5 Å². The van der Waals surface area contributed by atoms with Crippen LogP contribution in [-0.2, 0) is 15.7 Å². The van der Waals surface area contributed by atoms with E-state index in [1.54, 1.807) is 0 Å². The van der Waals surface area contributed by atoms with Gasteiger partial charge in [0.05, 0.1) is 11.2 Å². The van der Waals surface area contributed by atoms with Crippen molar-refractivity contribution in [1.82, 2.24) is 9.55 Å². The van der Waals surface area contributed by atoms with Gasteiger partial charge in [0.25, 0.3) is 0 Å². The molecule has 3 heterocycles. The van der Waals surface area contributed by atoms with E-state index < -0.39 is 5.54 Å². The molecule has 9 rings (SSSR count). The van der Waals surface area contributed by atoms with Crippen molar-refractivity contribution < 1.29 is 9.47 Å². The lowest BCUT2D eigenvalue weighted by Gasteiger charge is -2.38. The first-order valence-corrected chi connectivity index (χ1v) is 19.4. The van der Waals surface area contributed by atoms with Crippen LogP contribution in [0, 0.1) is 48.5 Å². The third kappa shape index (κ3) is 5.50. The van der Waals surface area contributed by atoms with Crippen molar-refractivity contribution in [3.8, 4) is 28.3 Å². The topological polar surface area (TPSA) is 48.6 Å². The normalized spacial score (nSPS) is 17.5. The molecule has 2 aliphatic rings. The Balaban J connectivity index is 1.13. The largest absolute Gasteiger partial charge is 0.466 e. The van der Waals surface area contributed by atoms with Gasteiger partial charge < -0.3 is 9.47 Å². The fraction of sp³-hybridized carbons (Fsp3) is 0.280. The first kappa shape index (κ1) is 35.0. The summed E-state index contributed by atoms with van der Waals surface area (Å²) in [4.78, 5) is 10.4. The average molecular weight is 724 g/mol. The number of rotatable bonds is 4.